The van der Waals surface area contributed by atoms with Crippen LogP contribution >= 0.6 is 0 Å². The molecule has 1 fully saturated rings. The summed E-state index contributed by atoms with van der Waals surface area (Å²) in [5.74, 6) is -0.446. The Hall–Kier alpha value is -0.610. The number of carbonyl (C=O) groups excluding carboxylic acids is 1. The first-order chi connectivity index (χ1) is 5.36. The van der Waals surface area contributed by atoms with Gasteiger partial charge in [0, 0.05) is 11.8 Å². The number of aliphatic hydroxyl groups excluding tert-OH is 1. The Kier molecular flexibility index (Phi) is 1.92. The minimum atomic E-state index is -1.01. The molecule has 0 aliphatic heterocycles. The maximum atomic E-state index is 11.2. The molecule has 1 saturated carbocycles. The zero-order valence-corrected chi connectivity index (χ0v) is 7.63. The smallest absolute Gasteiger partial charge is 0.326 e. The van der Waals surface area contributed by atoms with Crippen LogP contribution < -0.4 is 5.73 Å². The number of carbonyl (C=O) groups is 1. The Morgan fingerprint density at radius 3 is 2.42 bits per heavy atom. The third kappa shape index (κ3) is 0.881. The summed E-state index contributed by atoms with van der Waals surface area (Å²) in [5.41, 5.74) is 4.19. The fourth-order valence-electron chi connectivity index (χ4n) is 1.52. The highest BCUT2D eigenvalue weighted by molar-refractivity contribution is 5.83. The largest absolute Gasteiger partial charge is 0.468 e. The van der Waals surface area contributed by atoms with Crippen LogP contribution in [-0.4, -0.2) is 29.8 Å². The van der Waals surface area contributed by atoms with Gasteiger partial charge in [0.25, 0.3) is 0 Å². The molecule has 0 unspecified atom stereocenters. The molecule has 4 heteroatoms. The van der Waals surface area contributed by atoms with Crippen LogP contribution in [0.2, 0.25) is 0 Å². The van der Waals surface area contributed by atoms with E-state index in [4.69, 9.17) is 5.73 Å². The van der Waals surface area contributed by atoms with Crippen molar-refractivity contribution in [2.24, 2.45) is 11.1 Å². The van der Waals surface area contributed by atoms with Crippen molar-refractivity contribution in [1.82, 2.24) is 0 Å². The van der Waals surface area contributed by atoms with Crippen molar-refractivity contribution in [3.63, 3.8) is 0 Å². The maximum Gasteiger partial charge on any atom is 0.326 e. The van der Waals surface area contributed by atoms with Gasteiger partial charge in [-0.3, -0.25) is 4.79 Å². The zero-order valence-electron chi connectivity index (χ0n) is 7.63. The Labute approximate surface area is 71.7 Å². The summed E-state index contributed by atoms with van der Waals surface area (Å²) in [6, 6.07) is 0. The number of ether oxygens (including phenoxy) is 1. The van der Waals surface area contributed by atoms with Crippen molar-refractivity contribution < 1.29 is 14.6 Å². The molecule has 4 nitrogen and oxygen atoms in total. The van der Waals surface area contributed by atoms with Gasteiger partial charge in [-0.1, -0.05) is 13.8 Å². The number of methoxy groups -OCH3 is 1. The maximum absolute atomic E-state index is 11.2. The van der Waals surface area contributed by atoms with E-state index in [0.717, 1.165) is 0 Å². The highest BCUT2D eigenvalue weighted by Crippen LogP contribution is 2.48. The highest BCUT2D eigenvalue weighted by Gasteiger charge is 2.62. The van der Waals surface area contributed by atoms with Crippen molar-refractivity contribution in [3.05, 3.63) is 0 Å². The normalized spacial score (nSPS) is 38.6. The summed E-state index contributed by atoms with van der Waals surface area (Å²) in [6.45, 7) is 3.52. The third-order valence-electron chi connectivity index (χ3n) is 3.05. The molecule has 1 rings (SSSR count). The molecule has 2 atom stereocenters. The van der Waals surface area contributed by atoms with Gasteiger partial charge < -0.3 is 15.6 Å². The van der Waals surface area contributed by atoms with Gasteiger partial charge in [-0.15, -0.1) is 0 Å². The van der Waals surface area contributed by atoms with E-state index in [1.54, 1.807) is 13.8 Å². The molecule has 0 heterocycles. The lowest BCUT2D eigenvalue weighted by molar-refractivity contribution is -0.178. The monoisotopic (exact) mass is 173 g/mol. The number of hydrogen-bond donors (Lipinski definition) is 2. The average molecular weight is 173 g/mol. The molecular weight excluding hydrogens is 158 g/mol. The lowest BCUT2D eigenvalue weighted by Gasteiger charge is -2.54. The quantitative estimate of drug-likeness (QED) is 0.531. The Balaban J connectivity index is 2.83. The minimum absolute atomic E-state index is 0.284. The molecular formula is C8H15NO3. The van der Waals surface area contributed by atoms with Crippen molar-refractivity contribution in [2.75, 3.05) is 7.11 Å². The van der Waals surface area contributed by atoms with Crippen LogP contribution in [0.3, 0.4) is 0 Å². The standard InChI is InChI=1S/C8H15NO3/c1-7(2)5(10)4-8(7,9)6(11)12-3/h5,10H,4,9H2,1-3H3/t5-,8-/m0/s1. The fraction of sp³-hybridized carbons (Fsp3) is 0.875. The van der Waals surface area contributed by atoms with Gasteiger partial charge in [0.15, 0.2) is 0 Å². The van der Waals surface area contributed by atoms with Gasteiger partial charge in [0.1, 0.15) is 5.54 Å². The minimum Gasteiger partial charge on any atom is -0.468 e. The molecule has 0 amide bonds. The van der Waals surface area contributed by atoms with Crippen LogP contribution in [-0.2, 0) is 9.53 Å². The van der Waals surface area contributed by atoms with Crippen LogP contribution in [0.5, 0.6) is 0 Å². The highest BCUT2D eigenvalue weighted by atomic mass is 16.5. The van der Waals surface area contributed by atoms with Crippen LogP contribution in [0.4, 0.5) is 0 Å². The molecule has 0 radical (unpaired) electrons. The van der Waals surface area contributed by atoms with E-state index in [1.165, 1.54) is 7.11 Å². The predicted octanol–water partition coefficient (Wildman–Crippen LogP) is -0.352. The summed E-state index contributed by atoms with van der Waals surface area (Å²) in [5, 5.41) is 9.37. The zero-order chi connectivity index (χ0) is 9.57. The molecule has 0 saturated heterocycles. The van der Waals surface area contributed by atoms with Crippen LogP contribution in [0, 0.1) is 5.41 Å². The summed E-state index contributed by atoms with van der Waals surface area (Å²) in [4.78, 5) is 11.2. The molecule has 12 heavy (non-hydrogen) atoms. The molecule has 0 aromatic rings. The van der Waals surface area contributed by atoms with Crippen LogP contribution in [0.15, 0.2) is 0 Å². The molecule has 1 aliphatic carbocycles. The number of esters is 1. The second-order valence-electron chi connectivity index (χ2n) is 3.90. The predicted molar refractivity (Wildman–Crippen MR) is 43.3 cm³/mol. The molecule has 0 bridgehead atoms. The molecule has 0 spiro atoms. The number of aliphatic hydroxyl groups is 1. The lowest BCUT2D eigenvalue weighted by atomic mass is 9.55. The van der Waals surface area contributed by atoms with Gasteiger partial charge in [0.05, 0.1) is 13.2 Å². The van der Waals surface area contributed by atoms with Crippen molar-refractivity contribution >= 4 is 5.97 Å². The van der Waals surface area contributed by atoms with Crippen LogP contribution in [0.25, 0.3) is 0 Å². The second kappa shape index (κ2) is 2.44. The van der Waals surface area contributed by atoms with E-state index in [0.29, 0.717) is 0 Å². The Morgan fingerprint density at radius 2 is 2.17 bits per heavy atom. The van der Waals surface area contributed by atoms with E-state index in [2.05, 4.69) is 4.74 Å². The van der Waals surface area contributed by atoms with Gasteiger partial charge in [-0.05, 0) is 0 Å². The molecule has 3 N–H and O–H groups in total. The van der Waals surface area contributed by atoms with Gasteiger partial charge in [-0.2, -0.15) is 0 Å². The third-order valence-corrected chi connectivity index (χ3v) is 3.05. The number of rotatable bonds is 1. The van der Waals surface area contributed by atoms with E-state index in [1.807, 2.05) is 0 Å². The summed E-state index contributed by atoms with van der Waals surface area (Å²) in [7, 11) is 1.30. The topological polar surface area (TPSA) is 72.5 Å². The van der Waals surface area contributed by atoms with E-state index in [-0.39, 0.29) is 6.42 Å². The van der Waals surface area contributed by atoms with Gasteiger partial charge in [-0.25, -0.2) is 0 Å². The summed E-state index contributed by atoms with van der Waals surface area (Å²) < 4.78 is 4.57. The lowest BCUT2D eigenvalue weighted by Crippen LogP contribution is -2.73. The fourth-order valence-corrected chi connectivity index (χ4v) is 1.52. The molecule has 0 aromatic carbocycles. The van der Waals surface area contributed by atoms with E-state index in [9.17, 15) is 9.90 Å². The van der Waals surface area contributed by atoms with Crippen molar-refractivity contribution in [1.29, 1.82) is 0 Å². The molecule has 1 aliphatic rings. The number of hydrogen-bond acceptors (Lipinski definition) is 4. The van der Waals surface area contributed by atoms with E-state index >= 15 is 0 Å². The van der Waals surface area contributed by atoms with Crippen molar-refractivity contribution in [3.8, 4) is 0 Å². The SMILES string of the molecule is COC(=O)[C@@]1(N)C[C@H](O)C1(C)C. The molecule has 70 valence electrons. The summed E-state index contributed by atoms with van der Waals surface area (Å²) >= 11 is 0. The Bertz CT molecular complexity index is 214. The average Bonchev–Trinajstić information content (AvgIpc) is 2.03. The first-order valence-corrected chi connectivity index (χ1v) is 3.91. The Morgan fingerprint density at radius 1 is 1.67 bits per heavy atom. The first-order valence-electron chi connectivity index (χ1n) is 3.91. The van der Waals surface area contributed by atoms with Crippen molar-refractivity contribution in [2.45, 2.75) is 31.9 Å². The van der Waals surface area contributed by atoms with Gasteiger partial charge in [0.2, 0.25) is 0 Å². The summed E-state index contributed by atoms with van der Waals surface area (Å²) in [6.07, 6.45) is -0.228. The van der Waals surface area contributed by atoms with Gasteiger partial charge >= 0.3 is 5.97 Å². The van der Waals surface area contributed by atoms with Crippen LogP contribution in [0.1, 0.15) is 20.3 Å². The second-order valence-corrected chi connectivity index (χ2v) is 3.90. The van der Waals surface area contributed by atoms with E-state index < -0.39 is 23.0 Å². The molecule has 0 aromatic heterocycles. The number of nitrogens with two attached hydrogens (primary N) is 1. The first kappa shape index (κ1) is 9.48.